The fraction of sp³-hybridized carbons (Fsp3) is 0.765. The minimum absolute atomic E-state index is 0.0289. The Labute approximate surface area is 142 Å². The van der Waals surface area contributed by atoms with Gasteiger partial charge in [-0.15, -0.1) is 11.8 Å². The van der Waals surface area contributed by atoms with Crippen LogP contribution < -0.4 is 5.32 Å². The van der Waals surface area contributed by atoms with E-state index < -0.39 is 4.75 Å². The van der Waals surface area contributed by atoms with E-state index in [2.05, 4.69) is 10.5 Å². The Morgan fingerprint density at radius 3 is 2.65 bits per heavy atom. The van der Waals surface area contributed by atoms with Gasteiger partial charge in [0.25, 0.3) is 0 Å². The lowest BCUT2D eigenvalue weighted by molar-refractivity contribution is -0.117. The summed E-state index contributed by atoms with van der Waals surface area (Å²) in [5.74, 6) is 1.14. The van der Waals surface area contributed by atoms with Gasteiger partial charge in [0.05, 0.1) is 11.4 Å². The number of methoxy groups -OCH3 is 1. The molecule has 1 heterocycles. The number of hydrogen-bond acceptors (Lipinski definition) is 5. The predicted molar refractivity (Wildman–Crippen MR) is 94.0 cm³/mol. The highest BCUT2D eigenvalue weighted by molar-refractivity contribution is 8.02. The zero-order valence-corrected chi connectivity index (χ0v) is 15.6. The molecule has 1 fully saturated rings. The molecule has 2 rings (SSSR count). The topological polar surface area (TPSA) is 64.4 Å². The van der Waals surface area contributed by atoms with Gasteiger partial charge in [0.2, 0.25) is 5.91 Å². The summed E-state index contributed by atoms with van der Waals surface area (Å²) in [5.41, 5.74) is -0.279. The first-order chi connectivity index (χ1) is 10.7. The van der Waals surface area contributed by atoms with E-state index in [-0.39, 0.29) is 11.3 Å². The highest BCUT2D eigenvalue weighted by atomic mass is 32.2. The van der Waals surface area contributed by atoms with Crippen LogP contribution in [0.15, 0.2) is 10.6 Å². The molecule has 0 aliphatic heterocycles. The van der Waals surface area contributed by atoms with Crippen LogP contribution in [0.1, 0.15) is 59.1 Å². The third kappa shape index (κ3) is 4.73. The number of carbonyl (C=O) groups excluding carboxylic acids is 1. The Hall–Kier alpha value is -1.01. The zero-order valence-electron chi connectivity index (χ0n) is 14.8. The van der Waals surface area contributed by atoms with Crippen molar-refractivity contribution in [3.8, 4) is 0 Å². The smallest absolute Gasteiger partial charge is 0.241 e. The molecule has 0 atom stereocenters. The maximum atomic E-state index is 12.6. The third-order valence-electron chi connectivity index (χ3n) is 4.23. The van der Waals surface area contributed by atoms with E-state index in [1.165, 1.54) is 25.7 Å². The van der Waals surface area contributed by atoms with Crippen LogP contribution in [0, 0.1) is 0 Å². The molecule has 0 unspecified atom stereocenters. The van der Waals surface area contributed by atoms with E-state index in [9.17, 15) is 4.79 Å². The summed E-state index contributed by atoms with van der Waals surface area (Å²) in [4.78, 5) is 12.6. The molecule has 1 aliphatic rings. The fourth-order valence-corrected chi connectivity index (χ4v) is 4.39. The molecule has 5 nitrogen and oxygen atoms in total. The lowest BCUT2D eigenvalue weighted by Crippen LogP contribution is -2.35. The van der Waals surface area contributed by atoms with E-state index in [0.29, 0.717) is 23.4 Å². The van der Waals surface area contributed by atoms with Crippen LogP contribution in [0.25, 0.3) is 0 Å². The quantitative estimate of drug-likeness (QED) is 0.813. The van der Waals surface area contributed by atoms with Crippen molar-refractivity contribution in [1.29, 1.82) is 0 Å². The largest absolute Gasteiger partial charge is 0.384 e. The standard InChI is InChI=1S/C17H28N2O3S/c1-16(2,11-21-5)13-10-14(19-22-13)18-15(20)17(3,4)23-12-8-6-7-9-12/h10,12H,6-9,11H2,1-5H3,(H,18,19,20). The lowest BCUT2D eigenvalue weighted by Gasteiger charge is -2.25. The minimum Gasteiger partial charge on any atom is -0.384 e. The molecule has 0 radical (unpaired) electrons. The number of nitrogens with one attached hydrogen (secondary N) is 1. The molecule has 130 valence electrons. The maximum absolute atomic E-state index is 12.6. The molecule has 1 aromatic heterocycles. The number of hydrogen-bond donors (Lipinski definition) is 1. The molecule has 0 aromatic carbocycles. The number of aromatic nitrogens is 1. The fourth-order valence-electron chi connectivity index (χ4n) is 2.83. The Kier molecular flexibility index (Phi) is 5.79. The average Bonchev–Trinajstić information content (AvgIpc) is 3.10. The minimum atomic E-state index is -0.476. The van der Waals surface area contributed by atoms with Crippen LogP contribution in [0.3, 0.4) is 0 Å². The van der Waals surface area contributed by atoms with Gasteiger partial charge in [-0.05, 0) is 26.7 Å². The van der Waals surface area contributed by atoms with Crippen LogP contribution in [-0.4, -0.2) is 34.8 Å². The summed E-state index contributed by atoms with van der Waals surface area (Å²) >= 11 is 1.77. The number of nitrogens with zero attached hydrogens (tertiary/aromatic N) is 1. The molecule has 1 saturated carbocycles. The molecule has 0 spiro atoms. The molecule has 0 saturated heterocycles. The van der Waals surface area contributed by atoms with Crippen LogP contribution in [0.2, 0.25) is 0 Å². The van der Waals surface area contributed by atoms with Gasteiger partial charge in [0.15, 0.2) is 5.82 Å². The second kappa shape index (κ2) is 7.26. The van der Waals surface area contributed by atoms with Crippen LogP contribution in [0.4, 0.5) is 5.82 Å². The van der Waals surface area contributed by atoms with Crippen molar-refractivity contribution in [3.63, 3.8) is 0 Å². The van der Waals surface area contributed by atoms with Crippen molar-refractivity contribution in [2.24, 2.45) is 0 Å². The van der Waals surface area contributed by atoms with Gasteiger partial charge in [0.1, 0.15) is 5.76 Å². The second-order valence-corrected chi connectivity index (χ2v) is 9.31. The highest BCUT2D eigenvalue weighted by Crippen LogP contribution is 2.38. The second-order valence-electron chi connectivity index (χ2n) is 7.38. The Morgan fingerprint density at radius 2 is 2.04 bits per heavy atom. The van der Waals surface area contributed by atoms with Gasteiger partial charge < -0.3 is 14.6 Å². The molecule has 1 N–H and O–H groups in total. The third-order valence-corrected chi connectivity index (χ3v) is 5.81. The van der Waals surface area contributed by atoms with Crippen molar-refractivity contribution >= 4 is 23.5 Å². The Bertz CT molecular complexity index is 534. The number of anilines is 1. The van der Waals surface area contributed by atoms with Gasteiger partial charge in [0, 0.05) is 23.8 Å². The van der Waals surface area contributed by atoms with Crippen LogP contribution in [-0.2, 0) is 14.9 Å². The van der Waals surface area contributed by atoms with Crippen molar-refractivity contribution < 1.29 is 14.1 Å². The molecule has 6 heteroatoms. The average molecular weight is 340 g/mol. The number of amides is 1. The normalized spacial score (nSPS) is 16.7. The van der Waals surface area contributed by atoms with Crippen LogP contribution >= 0.6 is 11.8 Å². The van der Waals surface area contributed by atoms with E-state index in [4.69, 9.17) is 9.26 Å². The summed E-state index contributed by atoms with van der Waals surface area (Å²) in [7, 11) is 1.66. The summed E-state index contributed by atoms with van der Waals surface area (Å²) in [6.45, 7) is 8.51. The van der Waals surface area contributed by atoms with E-state index in [1.54, 1.807) is 24.9 Å². The van der Waals surface area contributed by atoms with Crippen molar-refractivity contribution in [1.82, 2.24) is 5.16 Å². The zero-order chi connectivity index (χ0) is 17.1. The molecular weight excluding hydrogens is 312 g/mol. The summed E-state index contributed by atoms with van der Waals surface area (Å²) in [5, 5.41) is 7.45. The van der Waals surface area contributed by atoms with E-state index >= 15 is 0 Å². The van der Waals surface area contributed by atoms with Crippen LogP contribution in [0.5, 0.6) is 0 Å². The molecular formula is C17H28N2O3S. The number of rotatable bonds is 7. The number of thioether (sulfide) groups is 1. The first-order valence-electron chi connectivity index (χ1n) is 8.20. The lowest BCUT2D eigenvalue weighted by atomic mass is 9.91. The molecule has 1 aliphatic carbocycles. The molecule has 1 amide bonds. The van der Waals surface area contributed by atoms with Gasteiger partial charge in [-0.1, -0.05) is 31.8 Å². The maximum Gasteiger partial charge on any atom is 0.241 e. The van der Waals surface area contributed by atoms with Gasteiger partial charge in [-0.2, -0.15) is 0 Å². The SMILES string of the molecule is COCC(C)(C)c1cc(NC(=O)C(C)(C)SC2CCCC2)no1. The van der Waals surface area contributed by atoms with Gasteiger partial charge in [-0.3, -0.25) is 4.79 Å². The van der Waals surface area contributed by atoms with Crippen molar-refractivity contribution in [3.05, 3.63) is 11.8 Å². The van der Waals surface area contributed by atoms with Gasteiger partial charge >= 0.3 is 0 Å². The number of ether oxygens (including phenoxy) is 1. The summed E-state index contributed by atoms with van der Waals surface area (Å²) in [6.07, 6.45) is 4.97. The Balaban J connectivity index is 1.98. The van der Waals surface area contributed by atoms with Gasteiger partial charge in [-0.25, -0.2) is 0 Å². The molecule has 1 aromatic rings. The number of carbonyl (C=O) groups is 1. The Morgan fingerprint density at radius 1 is 1.39 bits per heavy atom. The molecule has 23 heavy (non-hydrogen) atoms. The van der Waals surface area contributed by atoms with E-state index in [1.807, 2.05) is 27.7 Å². The monoisotopic (exact) mass is 340 g/mol. The first-order valence-corrected chi connectivity index (χ1v) is 9.08. The predicted octanol–water partition coefficient (Wildman–Crippen LogP) is 3.99. The highest BCUT2D eigenvalue weighted by Gasteiger charge is 2.34. The van der Waals surface area contributed by atoms with Crippen molar-refractivity contribution in [2.45, 2.75) is 68.8 Å². The molecule has 0 bridgehead atoms. The first kappa shape index (κ1) is 18.3. The summed E-state index contributed by atoms with van der Waals surface area (Å²) in [6, 6.07) is 1.78. The van der Waals surface area contributed by atoms with Crippen molar-refractivity contribution in [2.75, 3.05) is 19.0 Å². The van der Waals surface area contributed by atoms with E-state index in [0.717, 1.165) is 0 Å². The summed E-state index contributed by atoms with van der Waals surface area (Å²) < 4.78 is 10.1.